The van der Waals surface area contributed by atoms with Gasteiger partial charge in [-0.15, -0.1) is 12.6 Å². The van der Waals surface area contributed by atoms with E-state index in [4.69, 9.17) is 12.6 Å². The van der Waals surface area contributed by atoms with E-state index in [1.807, 2.05) is 0 Å². The highest BCUT2D eigenvalue weighted by atomic mass is 32.1. The maximum atomic E-state index is 5.09. The molecule has 0 saturated carbocycles. The monoisotopic (exact) mass is 715 g/mol. The van der Waals surface area contributed by atoms with Crippen LogP contribution in [0.4, 0.5) is 11.4 Å². The second-order valence-corrected chi connectivity index (χ2v) is 15.4. The summed E-state index contributed by atoms with van der Waals surface area (Å²) in [6.07, 6.45) is 0. The van der Waals surface area contributed by atoms with E-state index in [0.29, 0.717) is 0 Å². The van der Waals surface area contributed by atoms with Gasteiger partial charge < -0.3 is 5.32 Å². The fourth-order valence-corrected chi connectivity index (χ4v) is 10.5. The lowest BCUT2D eigenvalue weighted by Gasteiger charge is -2.40. The second kappa shape index (κ2) is 11.4. The van der Waals surface area contributed by atoms with Crippen molar-refractivity contribution in [2.24, 2.45) is 0 Å². The number of hydrogen-bond donors (Lipinski definition) is 2. The zero-order chi connectivity index (χ0) is 36.3. The van der Waals surface area contributed by atoms with E-state index >= 15 is 0 Å². The van der Waals surface area contributed by atoms with Gasteiger partial charge in [0.05, 0.1) is 5.41 Å². The molecule has 0 saturated heterocycles. The Morgan fingerprint density at radius 1 is 0.345 bits per heavy atom. The van der Waals surface area contributed by atoms with Crippen molar-refractivity contribution < 1.29 is 0 Å². The summed E-state index contributed by atoms with van der Waals surface area (Å²) in [5.74, 6) is 0. The smallest absolute Gasteiger partial charge is 0.0754 e. The molecule has 1 heterocycles. The predicted octanol–water partition coefficient (Wildman–Crippen LogP) is 14.3. The van der Waals surface area contributed by atoms with Crippen LogP contribution in [0.2, 0.25) is 0 Å². The number of fused-ring (bicyclic) bond motifs is 13. The lowest BCUT2D eigenvalue weighted by Crippen LogP contribution is -2.33. The topological polar surface area (TPSA) is 12.0 Å². The minimum atomic E-state index is -0.565. The fourth-order valence-electron chi connectivity index (χ4n) is 10.1. The van der Waals surface area contributed by atoms with Crippen LogP contribution in [0.25, 0.3) is 76.5 Å². The fraction of sp³-hybridized carbons (Fsp3) is 0.0189. The van der Waals surface area contributed by atoms with Crippen molar-refractivity contribution in [3.05, 3.63) is 210 Å². The summed E-state index contributed by atoms with van der Waals surface area (Å²) in [4.78, 5) is 1.02. The first-order valence-electron chi connectivity index (χ1n) is 19.0. The van der Waals surface area contributed by atoms with Crippen LogP contribution in [-0.4, -0.2) is 0 Å². The van der Waals surface area contributed by atoms with E-state index in [1.54, 1.807) is 0 Å². The average molecular weight is 716 g/mol. The van der Waals surface area contributed by atoms with E-state index in [9.17, 15) is 0 Å². The number of nitrogens with one attached hydrogen (secondary N) is 1. The lowest BCUT2D eigenvalue weighted by molar-refractivity contribution is 0.764. The SMILES string of the molecule is Sc1c2ccccc2c(-c2ccc3c(c2)C2(c4ccccc4Nc4ccccc42)c2cc(-c4c5ccccc5cc5ccccc45)ccc2-3)c2ccccc12. The van der Waals surface area contributed by atoms with Crippen molar-refractivity contribution in [2.45, 2.75) is 10.3 Å². The third kappa shape index (κ3) is 4.15. The molecule has 10 aromatic rings. The Bertz CT molecular complexity index is 3110. The summed E-state index contributed by atoms with van der Waals surface area (Å²) in [7, 11) is 0. The van der Waals surface area contributed by atoms with E-state index in [2.05, 4.69) is 193 Å². The lowest BCUT2D eigenvalue weighted by atomic mass is 9.64. The standard InChI is InChI=1S/C53H33NS/c55-52-42-19-7-5-17-40(42)51(41-18-6-8-20-43(41)52)35-26-28-39-38-27-25-34(50-36-15-3-1-13-32(36)29-33-14-2-4-16-37(33)50)30-46(38)53(47(39)31-35)44-21-9-11-23-48(44)54-49-24-12-10-22-45(49)53/h1-31,54-55H. The summed E-state index contributed by atoms with van der Waals surface area (Å²) >= 11 is 5.09. The van der Waals surface area contributed by atoms with Gasteiger partial charge in [-0.3, -0.25) is 0 Å². The van der Waals surface area contributed by atoms with Crippen molar-refractivity contribution in [1.82, 2.24) is 0 Å². The van der Waals surface area contributed by atoms with Crippen molar-refractivity contribution in [2.75, 3.05) is 5.32 Å². The van der Waals surface area contributed by atoms with Crippen molar-refractivity contribution in [1.29, 1.82) is 0 Å². The number of anilines is 2. The predicted molar refractivity (Wildman–Crippen MR) is 235 cm³/mol. The normalized spacial score (nSPS) is 13.5. The van der Waals surface area contributed by atoms with E-state index in [1.165, 1.54) is 98.7 Å². The summed E-state index contributed by atoms with van der Waals surface area (Å²) < 4.78 is 0. The number of thiol groups is 1. The molecule has 0 radical (unpaired) electrons. The van der Waals surface area contributed by atoms with Gasteiger partial charge in [-0.05, 0) is 129 Å². The van der Waals surface area contributed by atoms with Crippen LogP contribution in [-0.2, 0) is 5.41 Å². The Hall–Kier alpha value is -6.61. The first-order valence-corrected chi connectivity index (χ1v) is 19.4. The Labute approximate surface area is 325 Å². The zero-order valence-electron chi connectivity index (χ0n) is 29.8. The van der Waals surface area contributed by atoms with Crippen LogP contribution in [0.5, 0.6) is 0 Å². The second-order valence-electron chi connectivity index (χ2n) is 15.0. The first-order chi connectivity index (χ1) is 27.2. The minimum absolute atomic E-state index is 0.565. The van der Waals surface area contributed by atoms with Gasteiger partial charge in [0.15, 0.2) is 0 Å². The molecule has 2 heteroatoms. The van der Waals surface area contributed by atoms with Gasteiger partial charge in [0, 0.05) is 16.3 Å². The molecule has 0 unspecified atom stereocenters. The molecule has 0 aromatic heterocycles. The van der Waals surface area contributed by atoms with Gasteiger partial charge in [-0.25, -0.2) is 0 Å². The van der Waals surface area contributed by atoms with Crippen molar-refractivity contribution in [3.63, 3.8) is 0 Å². The maximum Gasteiger partial charge on any atom is 0.0754 e. The highest BCUT2D eigenvalue weighted by molar-refractivity contribution is 7.80. The van der Waals surface area contributed by atoms with E-state index in [-0.39, 0.29) is 0 Å². The Morgan fingerprint density at radius 3 is 1.25 bits per heavy atom. The van der Waals surface area contributed by atoms with E-state index < -0.39 is 5.41 Å². The Kier molecular flexibility index (Phi) is 6.41. The third-order valence-electron chi connectivity index (χ3n) is 12.3. The van der Waals surface area contributed by atoms with Crippen LogP contribution in [0.1, 0.15) is 22.3 Å². The van der Waals surface area contributed by atoms with Gasteiger partial charge in [0.25, 0.3) is 0 Å². The number of rotatable bonds is 2. The highest BCUT2D eigenvalue weighted by Crippen LogP contribution is 2.62. The summed E-state index contributed by atoms with van der Waals surface area (Å²) in [6, 6.07) is 69.8. The molecule has 256 valence electrons. The molecule has 55 heavy (non-hydrogen) atoms. The van der Waals surface area contributed by atoms with Gasteiger partial charge in [-0.2, -0.15) is 0 Å². The summed E-state index contributed by atoms with van der Waals surface area (Å²) in [6.45, 7) is 0. The summed E-state index contributed by atoms with van der Waals surface area (Å²) in [5, 5.41) is 13.7. The molecule has 12 rings (SSSR count). The molecule has 10 aromatic carbocycles. The Balaban J connectivity index is 1.21. The third-order valence-corrected chi connectivity index (χ3v) is 12.8. The van der Waals surface area contributed by atoms with Gasteiger partial charge in [-0.1, -0.05) is 158 Å². The van der Waals surface area contributed by atoms with Crippen LogP contribution in [0, 0.1) is 0 Å². The van der Waals surface area contributed by atoms with Crippen LogP contribution in [0.3, 0.4) is 0 Å². The molecule has 0 bridgehead atoms. The molecule has 0 fully saturated rings. The first kappa shape index (κ1) is 30.8. The maximum absolute atomic E-state index is 5.09. The van der Waals surface area contributed by atoms with E-state index in [0.717, 1.165) is 16.3 Å². The minimum Gasteiger partial charge on any atom is -0.355 e. The molecule has 1 spiro atoms. The van der Waals surface area contributed by atoms with Gasteiger partial charge in [0.2, 0.25) is 0 Å². The quantitative estimate of drug-likeness (QED) is 0.134. The molecule has 0 amide bonds. The Morgan fingerprint density at radius 2 is 0.745 bits per heavy atom. The molecule has 1 aliphatic heterocycles. The molecular weight excluding hydrogens is 683 g/mol. The largest absolute Gasteiger partial charge is 0.355 e. The number of para-hydroxylation sites is 2. The molecule has 1 aliphatic carbocycles. The molecule has 1 nitrogen and oxygen atoms in total. The molecular formula is C53H33NS. The van der Waals surface area contributed by atoms with Gasteiger partial charge >= 0.3 is 0 Å². The molecule has 0 atom stereocenters. The molecule has 1 N–H and O–H groups in total. The molecule has 2 aliphatic rings. The van der Waals surface area contributed by atoms with Gasteiger partial charge in [0.1, 0.15) is 0 Å². The summed E-state index contributed by atoms with van der Waals surface area (Å²) in [5.41, 5.74) is 14.4. The van der Waals surface area contributed by atoms with Crippen molar-refractivity contribution in [3.8, 4) is 33.4 Å². The average Bonchev–Trinajstić information content (AvgIpc) is 3.52. The highest BCUT2D eigenvalue weighted by Gasteiger charge is 2.50. The number of hydrogen-bond acceptors (Lipinski definition) is 2. The zero-order valence-corrected chi connectivity index (χ0v) is 30.7. The van der Waals surface area contributed by atoms with Crippen LogP contribution < -0.4 is 5.32 Å². The van der Waals surface area contributed by atoms with Crippen LogP contribution in [0.15, 0.2) is 193 Å². The number of benzene rings is 10. The van der Waals surface area contributed by atoms with Crippen LogP contribution >= 0.6 is 12.6 Å². The van der Waals surface area contributed by atoms with Crippen molar-refractivity contribution >= 4 is 67.1 Å².